The molecular weight excluding hydrogens is 720 g/mol. The van der Waals surface area contributed by atoms with Crippen LogP contribution in [-0.4, -0.2) is 96.8 Å². The van der Waals surface area contributed by atoms with Crippen LogP contribution in [0, 0.1) is 11.8 Å². The van der Waals surface area contributed by atoms with Gasteiger partial charge in [0.15, 0.2) is 0 Å². The van der Waals surface area contributed by atoms with Crippen molar-refractivity contribution in [2.45, 2.75) is 145 Å². The number of hydrogen-bond acceptors (Lipinski definition) is 9. The Bertz CT molecular complexity index is 1400. The average Bonchev–Trinajstić information content (AvgIpc) is 3.39. The molecule has 1 saturated heterocycles. The van der Waals surface area contributed by atoms with E-state index in [1.807, 2.05) is 67.5 Å². The molecule has 1 heterocycles. The van der Waals surface area contributed by atoms with Crippen molar-refractivity contribution in [3.63, 3.8) is 0 Å². The number of nitrogens with one attached hydrogen (secondary N) is 5. The van der Waals surface area contributed by atoms with Crippen LogP contribution in [0.25, 0.3) is 0 Å². The van der Waals surface area contributed by atoms with Crippen LogP contribution in [0.1, 0.15) is 120 Å². The van der Waals surface area contributed by atoms with E-state index in [9.17, 15) is 33.6 Å². The van der Waals surface area contributed by atoms with Crippen molar-refractivity contribution >= 4 is 47.5 Å². The van der Waals surface area contributed by atoms with Crippen LogP contribution in [0.15, 0.2) is 24.3 Å². The van der Waals surface area contributed by atoms with Crippen molar-refractivity contribution in [3.8, 4) is 0 Å². The van der Waals surface area contributed by atoms with Crippen LogP contribution < -0.4 is 26.6 Å². The second-order valence-electron chi connectivity index (χ2n) is 15.8. The Balaban J connectivity index is 0.00000301. The van der Waals surface area contributed by atoms with Gasteiger partial charge in [-0.15, -0.1) is 0 Å². The number of nitrogens with zero attached hydrogens (tertiary/aromatic N) is 1. The van der Waals surface area contributed by atoms with Crippen LogP contribution in [0.4, 0.5) is 5.69 Å². The smallest absolute Gasteiger partial charge is 0.246 e. The third-order valence-corrected chi connectivity index (χ3v) is 8.45. The number of carbonyl (C=O) groups is 7. The van der Waals surface area contributed by atoms with Crippen molar-refractivity contribution in [1.29, 1.82) is 0 Å². The summed E-state index contributed by atoms with van der Waals surface area (Å²) in [6.07, 6.45) is 3.19. The molecule has 5 N–H and O–H groups in total. The summed E-state index contributed by atoms with van der Waals surface area (Å²) >= 11 is 0. The van der Waals surface area contributed by atoms with Crippen molar-refractivity contribution in [2.75, 3.05) is 32.1 Å². The number of hydrogen-bond donors (Lipinski definition) is 5. The Morgan fingerprint density at radius 2 is 1.52 bits per heavy atom. The zero-order valence-corrected chi connectivity index (χ0v) is 35.9. The first-order valence-corrected chi connectivity index (χ1v) is 19.5. The minimum atomic E-state index is -0.810. The molecule has 318 valence electrons. The van der Waals surface area contributed by atoms with Gasteiger partial charge < -0.3 is 36.1 Å². The van der Waals surface area contributed by atoms with Crippen molar-refractivity contribution < 1.29 is 43.0 Å². The predicted octanol–water partition coefficient (Wildman–Crippen LogP) is 4.23. The highest BCUT2D eigenvalue weighted by molar-refractivity contribution is 6.04. The first-order valence-electron chi connectivity index (χ1n) is 19.5. The lowest BCUT2D eigenvalue weighted by Gasteiger charge is -2.30. The Labute approximate surface area is 334 Å². The molecule has 1 aromatic carbocycles. The molecule has 2 rings (SSSR count). The largest absolute Gasteiger partial charge is 0.380 e. The number of likely N-dealkylation sites (tertiary alicyclic amines) is 1. The third-order valence-electron chi connectivity index (χ3n) is 8.45. The molecule has 0 aliphatic carbocycles. The summed E-state index contributed by atoms with van der Waals surface area (Å²) in [5.41, 5.74) is 0.317. The van der Waals surface area contributed by atoms with Gasteiger partial charge in [0, 0.05) is 62.7 Å². The van der Waals surface area contributed by atoms with Crippen molar-refractivity contribution in [1.82, 2.24) is 26.2 Å². The highest BCUT2D eigenvalue weighted by Gasteiger charge is 2.40. The third kappa shape index (κ3) is 22.2. The van der Waals surface area contributed by atoms with Crippen LogP contribution in [0.3, 0.4) is 0 Å². The van der Waals surface area contributed by atoms with Gasteiger partial charge >= 0.3 is 0 Å². The summed E-state index contributed by atoms with van der Waals surface area (Å²) in [7, 11) is 1.60. The topological polar surface area (TPSA) is 201 Å². The number of methoxy groups -OCH3 is 1. The van der Waals surface area contributed by atoms with Gasteiger partial charge in [0.05, 0.1) is 18.8 Å². The molecule has 56 heavy (non-hydrogen) atoms. The number of carbonyl (C=O) groups excluding carboxylic acids is 7. The quantitative estimate of drug-likeness (QED) is 0.0893. The summed E-state index contributed by atoms with van der Waals surface area (Å²) in [4.78, 5) is 85.2. The van der Waals surface area contributed by atoms with E-state index in [1.165, 1.54) is 11.3 Å². The molecule has 0 spiro atoms. The van der Waals surface area contributed by atoms with Crippen LogP contribution in [0.5, 0.6) is 0 Å². The zero-order chi connectivity index (χ0) is 43.1. The second kappa shape index (κ2) is 26.5. The molecular formula is C41H70N6O9. The standard InChI is InChI=1S/C34H53N5O8.C4H9NO.C3H8/c1-22(2)26-19-30(43)39(32(26)45)17-14-28(41)38-33(4,5)16-18-47-34(6,7)15-13-27(40)35-20-29(42)36-23(3)31(44)37-25-11-9-24(10-12-25)21-46-8;1-4(2)5-3-6;1-3-2/h9-12,22-23,26H,13-21H2,1-8H3,(H,35,40)(H,36,42)(H,37,44)(H,38,41);3-4H,1-2H3,(H,5,6);3H2,1-2H3. The van der Waals surface area contributed by atoms with Gasteiger partial charge in [0.1, 0.15) is 6.04 Å². The summed E-state index contributed by atoms with van der Waals surface area (Å²) in [5, 5.41) is 13.4. The number of amides is 7. The van der Waals surface area contributed by atoms with E-state index in [2.05, 4.69) is 40.4 Å². The maximum Gasteiger partial charge on any atom is 0.246 e. The molecule has 1 aromatic rings. The van der Waals surface area contributed by atoms with Crippen molar-refractivity contribution in [3.05, 3.63) is 29.8 Å². The fourth-order valence-corrected chi connectivity index (χ4v) is 5.11. The lowest BCUT2D eigenvalue weighted by molar-refractivity contribution is -0.140. The molecule has 7 amide bonds. The number of rotatable bonds is 21. The molecule has 2 atom stereocenters. The van der Waals surface area contributed by atoms with Crippen molar-refractivity contribution in [2.24, 2.45) is 11.8 Å². The fourth-order valence-electron chi connectivity index (χ4n) is 5.11. The SMILES string of the molecule is CC(C)NC=O.CCC.COCc1ccc(NC(=O)C(C)NC(=O)CNC(=O)CCC(C)(C)OCCC(C)(C)NC(=O)CCN2C(=O)CC(C(C)C)C2=O)cc1. The van der Waals surface area contributed by atoms with Gasteiger partial charge in [-0.3, -0.25) is 38.5 Å². The summed E-state index contributed by atoms with van der Waals surface area (Å²) in [5.74, 6) is -2.15. The maximum atomic E-state index is 12.6. The lowest BCUT2D eigenvalue weighted by atomic mass is 9.94. The molecule has 1 aliphatic heterocycles. The van der Waals surface area contributed by atoms with Crippen LogP contribution in [-0.2, 0) is 49.6 Å². The van der Waals surface area contributed by atoms with E-state index >= 15 is 0 Å². The van der Waals surface area contributed by atoms with E-state index in [0.717, 1.165) is 5.56 Å². The Morgan fingerprint density at radius 1 is 0.911 bits per heavy atom. The highest BCUT2D eigenvalue weighted by atomic mass is 16.5. The molecule has 0 saturated carbocycles. The minimum Gasteiger partial charge on any atom is -0.380 e. The van der Waals surface area contributed by atoms with E-state index in [-0.39, 0.29) is 79.8 Å². The first-order chi connectivity index (χ1) is 26.1. The Morgan fingerprint density at radius 3 is 2.02 bits per heavy atom. The molecule has 0 bridgehead atoms. The number of benzene rings is 1. The van der Waals surface area contributed by atoms with Crippen LogP contribution >= 0.6 is 0 Å². The van der Waals surface area contributed by atoms with E-state index in [1.54, 1.807) is 26.2 Å². The molecule has 15 heteroatoms. The zero-order valence-electron chi connectivity index (χ0n) is 35.9. The van der Waals surface area contributed by atoms with E-state index < -0.39 is 23.1 Å². The van der Waals surface area contributed by atoms with E-state index in [4.69, 9.17) is 9.47 Å². The molecule has 15 nitrogen and oxygen atoms in total. The number of anilines is 1. The Kier molecular flexibility index (Phi) is 24.4. The predicted molar refractivity (Wildman–Crippen MR) is 217 cm³/mol. The van der Waals surface area contributed by atoms with Crippen LogP contribution in [0.2, 0.25) is 0 Å². The van der Waals surface area contributed by atoms with Gasteiger partial charge in [0.2, 0.25) is 41.9 Å². The summed E-state index contributed by atoms with van der Waals surface area (Å²) in [6, 6.07) is 6.64. The second-order valence-corrected chi connectivity index (χ2v) is 15.8. The molecule has 1 aliphatic rings. The van der Waals surface area contributed by atoms with Gasteiger partial charge in [-0.05, 0) is 84.9 Å². The highest BCUT2D eigenvalue weighted by Crippen LogP contribution is 2.26. The maximum absolute atomic E-state index is 12.6. The monoisotopic (exact) mass is 791 g/mol. The average molecular weight is 791 g/mol. The van der Waals surface area contributed by atoms with Gasteiger partial charge in [-0.1, -0.05) is 46.2 Å². The molecule has 0 aromatic heterocycles. The Hall–Kier alpha value is -4.37. The molecule has 0 radical (unpaired) electrons. The number of ether oxygens (including phenoxy) is 2. The fraction of sp³-hybridized carbons (Fsp3) is 0.683. The van der Waals surface area contributed by atoms with Gasteiger partial charge in [-0.2, -0.15) is 0 Å². The lowest BCUT2D eigenvalue weighted by Crippen LogP contribution is -2.46. The van der Waals surface area contributed by atoms with E-state index in [0.29, 0.717) is 38.2 Å². The number of imide groups is 1. The summed E-state index contributed by atoms with van der Waals surface area (Å²) in [6.45, 7) is 21.5. The molecule has 1 fully saturated rings. The normalized spacial score (nSPS) is 14.5. The van der Waals surface area contributed by atoms with Gasteiger partial charge in [-0.25, -0.2) is 0 Å². The molecule has 2 unspecified atom stereocenters. The first kappa shape index (κ1) is 51.6. The minimum absolute atomic E-state index is 0.0292. The summed E-state index contributed by atoms with van der Waals surface area (Å²) < 4.78 is 11.1. The van der Waals surface area contributed by atoms with Gasteiger partial charge in [0.25, 0.3) is 0 Å².